The van der Waals surface area contributed by atoms with Crippen LogP contribution in [0.25, 0.3) is 0 Å². The van der Waals surface area contributed by atoms with Crippen molar-refractivity contribution in [3.8, 4) is 0 Å². The van der Waals surface area contributed by atoms with Crippen molar-refractivity contribution in [2.45, 2.75) is 17.7 Å². The lowest BCUT2D eigenvalue weighted by Crippen LogP contribution is -2.41. The number of nitrogens with zero attached hydrogens (tertiary/aromatic N) is 1. The molecule has 0 saturated carbocycles. The number of nitrogens with one attached hydrogen (secondary N) is 1. The van der Waals surface area contributed by atoms with Crippen LogP contribution in [0.4, 0.5) is 4.39 Å². The zero-order chi connectivity index (χ0) is 17.0. The summed E-state index contributed by atoms with van der Waals surface area (Å²) in [6.07, 6.45) is 1.27. The van der Waals surface area contributed by atoms with Crippen LogP contribution >= 0.6 is 23.2 Å². The first-order chi connectivity index (χ1) is 10.8. The fourth-order valence-corrected chi connectivity index (χ4v) is 4.28. The third kappa shape index (κ3) is 4.56. The molecule has 1 aliphatic heterocycles. The number of hydrogen-bond donors (Lipinski definition) is 1. The van der Waals surface area contributed by atoms with E-state index in [1.165, 1.54) is 10.4 Å². The Morgan fingerprint density at radius 2 is 2.00 bits per heavy atom. The Morgan fingerprint density at radius 3 is 2.57 bits per heavy atom. The smallest absolute Gasteiger partial charge is 0.243 e. The number of sulfonamides is 1. The van der Waals surface area contributed by atoms with Gasteiger partial charge in [-0.3, -0.25) is 4.79 Å². The molecule has 9 heteroatoms. The number of halogens is 3. The lowest BCUT2D eigenvalue weighted by atomic mass is 9.98. The molecule has 1 N–H and O–H groups in total. The minimum absolute atomic E-state index is 0.0159. The molecule has 0 atom stereocenters. The molecule has 0 bridgehead atoms. The quantitative estimate of drug-likeness (QED) is 0.794. The van der Waals surface area contributed by atoms with E-state index in [2.05, 4.69) is 5.32 Å². The predicted octanol–water partition coefficient (Wildman–Crippen LogP) is 2.23. The Kier molecular flexibility index (Phi) is 6.25. The van der Waals surface area contributed by atoms with E-state index in [1.807, 2.05) is 0 Å². The first-order valence-corrected chi connectivity index (χ1v) is 9.47. The fourth-order valence-electron chi connectivity index (χ4n) is 2.45. The standard InChI is InChI=1S/C14H17Cl2FN2O3S/c15-8-14(20)18-9-10-3-5-19(6-4-10)23(21,22)11-1-2-13(17)12(16)7-11/h1-2,7,10H,3-6,8-9H2,(H,18,20). The third-order valence-corrected chi connectivity index (χ3v) is 6.24. The molecule has 1 aromatic rings. The lowest BCUT2D eigenvalue weighted by Gasteiger charge is -2.31. The van der Waals surface area contributed by atoms with Crippen molar-refractivity contribution in [2.24, 2.45) is 5.92 Å². The summed E-state index contributed by atoms with van der Waals surface area (Å²) in [5.74, 6) is -0.758. The number of alkyl halides is 1. The highest BCUT2D eigenvalue weighted by Gasteiger charge is 2.29. The zero-order valence-corrected chi connectivity index (χ0v) is 14.6. The molecule has 1 amide bonds. The highest BCUT2D eigenvalue weighted by molar-refractivity contribution is 7.89. The predicted molar refractivity (Wildman–Crippen MR) is 86.6 cm³/mol. The molecular formula is C14H17Cl2FN2O3S. The highest BCUT2D eigenvalue weighted by atomic mass is 35.5. The normalized spacial score (nSPS) is 17.2. The summed E-state index contributed by atoms with van der Waals surface area (Å²) in [4.78, 5) is 11.1. The van der Waals surface area contributed by atoms with Gasteiger partial charge in [0.2, 0.25) is 15.9 Å². The number of piperidine rings is 1. The van der Waals surface area contributed by atoms with Crippen LogP contribution in [0.3, 0.4) is 0 Å². The number of benzene rings is 1. The molecule has 1 saturated heterocycles. The summed E-state index contributed by atoms with van der Waals surface area (Å²) in [6.45, 7) is 1.18. The molecule has 2 rings (SSSR count). The molecule has 23 heavy (non-hydrogen) atoms. The average Bonchev–Trinajstić information content (AvgIpc) is 2.55. The summed E-state index contributed by atoms with van der Waals surface area (Å²) in [5, 5.41) is 2.49. The molecule has 1 aliphatic rings. The van der Waals surface area contributed by atoms with Gasteiger partial charge in [-0.1, -0.05) is 11.6 Å². The van der Waals surface area contributed by atoms with Crippen LogP contribution in [0.15, 0.2) is 23.1 Å². The van der Waals surface area contributed by atoms with Crippen molar-refractivity contribution in [1.82, 2.24) is 9.62 Å². The van der Waals surface area contributed by atoms with Gasteiger partial charge in [0.1, 0.15) is 11.7 Å². The molecule has 1 aromatic carbocycles. The van der Waals surface area contributed by atoms with Crippen molar-refractivity contribution in [3.63, 3.8) is 0 Å². The average molecular weight is 383 g/mol. The summed E-state index contributed by atoms with van der Waals surface area (Å²) in [6, 6.07) is 3.38. The molecule has 1 heterocycles. The summed E-state index contributed by atoms with van der Waals surface area (Å²) in [5.41, 5.74) is 0. The van der Waals surface area contributed by atoms with Crippen LogP contribution in [0.5, 0.6) is 0 Å². The second-order valence-corrected chi connectivity index (χ2v) is 7.97. The first-order valence-electron chi connectivity index (χ1n) is 7.12. The van der Waals surface area contributed by atoms with Crippen LogP contribution in [0, 0.1) is 11.7 Å². The molecule has 5 nitrogen and oxygen atoms in total. The Morgan fingerprint density at radius 1 is 1.35 bits per heavy atom. The van der Waals surface area contributed by atoms with E-state index in [9.17, 15) is 17.6 Å². The van der Waals surface area contributed by atoms with Crippen LogP contribution in [0.1, 0.15) is 12.8 Å². The maximum absolute atomic E-state index is 13.2. The van der Waals surface area contributed by atoms with Crippen LogP contribution < -0.4 is 5.32 Å². The van der Waals surface area contributed by atoms with E-state index in [0.717, 1.165) is 12.1 Å². The van der Waals surface area contributed by atoms with Gasteiger partial charge in [-0.2, -0.15) is 4.31 Å². The van der Waals surface area contributed by atoms with Gasteiger partial charge in [0, 0.05) is 19.6 Å². The first kappa shape index (κ1) is 18.4. The van der Waals surface area contributed by atoms with Crippen molar-refractivity contribution in [2.75, 3.05) is 25.5 Å². The number of rotatable bonds is 5. The van der Waals surface area contributed by atoms with Crippen molar-refractivity contribution in [3.05, 3.63) is 29.0 Å². The summed E-state index contributed by atoms with van der Waals surface area (Å²) >= 11 is 11.1. The summed E-state index contributed by atoms with van der Waals surface area (Å²) in [7, 11) is -3.69. The van der Waals surface area contributed by atoms with Crippen LogP contribution in [0.2, 0.25) is 5.02 Å². The van der Waals surface area contributed by atoms with Crippen molar-refractivity contribution in [1.29, 1.82) is 0 Å². The highest BCUT2D eigenvalue weighted by Crippen LogP contribution is 2.26. The van der Waals surface area contributed by atoms with Gasteiger partial charge in [-0.15, -0.1) is 11.6 Å². The molecule has 0 aromatic heterocycles. The largest absolute Gasteiger partial charge is 0.355 e. The van der Waals surface area contributed by atoms with Crippen molar-refractivity contribution >= 4 is 39.1 Å². The zero-order valence-electron chi connectivity index (χ0n) is 12.3. The fraction of sp³-hybridized carbons (Fsp3) is 0.500. The molecule has 0 unspecified atom stereocenters. The molecule has 1 fully saturated rings. The number of amides is 1. The second-order valence-electron chi connectivity index (χ2n) is 5.36. The maximum Gasteiger partial charge on any atom is 0.243 e. The van der Waals surface area contributed by atoms with Crippen LogP contribution in [-0.2, 0) is 14.8 Å². The van der Waals surface area contributed by atoms with Gasteiger partial charge in [0.25, 0.3) is 0 Å². The lowest BCUT2D eigenvalue weighted by molar-refractivity contribution is -0.118. The second kappa shape index (κ2) is 7.79. The molecule has 0 spiro atoms. The minimum Gasteiger partial charge on any atom is -0.355 e. The summed E-state index contributed by atoms with van der Waals surface area (Å²) < 4.78 is 39.6. The van der Waals surface area contributed by atoms with Crippen LogP contribution in [-0.4, -0.2) is 44.1 Å². The SMILES string of the molecule is O=C(CCl)NCC1CCN(S(=O)(=O)c2ccc(F)c(Cl)c2)CC1. The van der Waals surface area contributed by atoms with Gasteiger partial charge in [0.15, 0.2) is 0 Å². The van der Waals surface area contributed by atoms with Crippen molar-refractivity contribution < 1.29 is 17.6 Å². The minimum atomic E-state index is -3.69. The van der Waals surface area contributed by atoms with Gasteiger partial charge in [-0.05, 0) is 37.0 Å². The molecule has 0 radical (unpaired) electrons. The number of hydrogen-bond acceptors (Lipinski definition) is 3. The van der Waals surface area contributed by atoms with Gasteiger partial charge in [0.05, 0.1) is 9.92 Å². The van der Waals surface area contributed by atoms with E-state index in [-0.39, 0.29) is 27.6 Å². The van der Waals surface area contributed by atoms with E-state index in [0.29, 0.717) is 32.5 Å². The van der Waals surface area contributed by atoms with E-state index >= 15 is 0 Å². The topological polar surface area (TPSA) is 66.5 Å². The van der Waals surface area contributed by atoms with Gasteiger partial charge < -0.3 is 5.32 Å². The van der Waals surface area contributed by atoms with E-state index in [4.69, 9.17) is 23.2 Å². The molecular weight excluding hydrogens is 366 g/mol. The number of carbonyl (C=O) groups is 1. The van der Waals surface area contributed by atoms with E-state index < -0.39 is 15.8 Å². The Labute approximate surface area is 144 Å². The molecule has 128 valence electrons. The van der Waals surface area contributed by atoms with E-state index in [1.54, 1.807) is 0 Å². The van der Waals surface area contributed by atoms with Gasteiger partial charge in [-0.25, -0.2) is 12.8 Å². The Balaban J connectivity index is 1.98. The third-order valence-electron chi connectivity index (χ3n) is 3.81. The maximum atomic E-state index is 13.2. The molecule has 0 aliphatic carbocycles. The Bertz CT molecular complexity index is 677. The Hall–Kier alpha value is -0.890. The number of carbonyl (C=O) groups excluding carboxylic acids is 1. The van der Waals surface area contributed by atoms with Gasteiger partial charge >= 0.3 is 0 Å². The monoisotopic (exact) mass is 382 g/mol.